The van der Waals surface area contributed by atoms with E-state index < -0.39 is 0 Å². The lowest BCUT2D eigenvalue weighted by atomic mass is 9.99. The molecule has 2 N–H and O–H groups in total. The third-order valence-electron chi connectivity index (χ3n) is 5.95. The van der Waals surface area contributed by atoms with E-state index in [9.17, 15) is 0 Å². The van der Waals surface area contributed by atoms with Crippen LogP contribution in [0.2, 0.25) is 5.02 Å². The molecule has 0 unspecified atom stereocenters. The van der Waals surface area contributed by atoms with Gasteiger partial charge in [0.15, 0.2) is 11.6 Å². The molecule has 2 heterocycles. The molecule has 1 aliphatic heterocycles. The van der Waals surface area contributed by atoms with E-state index in [0.717, 1.165) is 48.0 Å². The molecule has 3 aromatic rings. The Morgan fingerprint density at radius 1 is 1.09 bits per heavy atom. The molecule has 32 heavy (non-hydrogen) atoms. The molecule has 0 spiro atoms. The topological polar surface area (TPSA) is 40.2 Å². The summed E-state index contributed by atoms with van der Waals surface area (Å²) in [5, 5.41) is 8.47. The fourth-order valence-electron chi connectivity index (χ4n) is 4.46. The standard InChI is InChI=1S/C26H32ClFN4/c1-17-6-5-7-21-23(17)30-25(29-16-18-8-10-19(27)11-9-18)22(28)24(21)32-14-12-20(13-15-32)31-26(2,3)4/h5-11,20,31H,12-16H2,1-4H3,(H,29,30). The number of piperidine rings is 1. The quantitative estimate of drug-likeness (QED) is 0.474. The minimum atomic E-state index is -0.278. The lowest BCUT2D eigenvalue weighted by Gasteiger charge is -2.38. The van der Waals surface area contributed by atoms with Gasteiger partial charge in [-0.25, -0.2) is 9.37 Å². The van der Waals surface area contributed by atoms with E-state index in [1.165, 1.54) is 0 Å². The SMILES string of the molecule is Cc1cccc2c(N3CCC(NC(C)(C)C)CC3)c(F)c(NCc3ccc(Cl)cc3)nc12. The largest absolute Gasteiger partial charge is 0.368 e. The Bertz CT molecular complexity index is 1080. The number of para-hydroxylation sites is 1. The van der Waals surface area contributed by atoms with Crippen molar-refractivity contribution in [2.24, 2.45) is 0 Å². The van der Waals surface area contributed by atoms with Crippen LogP contribution in [0, 0.1) is 12.7 Å². The van der Waals surface area contributed by atoms with E-state index in [2.05, 4.69) is 41.3 Å². The van der Waals surface area contributed by atoms with Crippen LogP contribution in [0.25, 0.3) is 10.9 Å². The van der Waals surface area contributed by atoms with Gasteiger partial charge >= 0.3 is 0 Å². The molecular weight excluding hydrogens is 423 g/mol. The number of halogens is 2. The number of aromatic nitrogens is 1. The summed E-state index contributed by atoms with van der Waals surface area (Å²) in [6.45, 7) is 10.7. The molecule has 0 amide bonds. The van der Waals surface area contributed by atoms with Gasteiger partial charge in [-0.05, 0) is 63.8 Å². The second-order valence-corrected chi connectivity index (χ2v) is 10.2. The van der Waals surface area contributed by atoms with E-state index in [0.29, 0.717) is 29.1 Å². The Balaban J connectivity index is 1.63. The van der Waals surface area contributed by atoms with Gasteiger partial charge in [-0.1, -0.05) is 41.9 Å². The van der Waals surface area contributed by atoms with E-state index in [1.54, 1.807) is 0 Å². The highest BCUT2D eigenvalue weighted by Crippen LogP contribution is 2.36. The van der Waals surface area contributed by atoms with Crippen LogP contribution >= 0.6 is 11.6 Å². The molecule has 0 aliphatic carbocycles. The summed E-state index contributed by atoms with van der Waals surface area (Å²) >= 11 is 5.99. The van der Waals surface area contributed by atoms with Crippen molar-refractivity contribution in [1.29, 1.82) is 0 Å². The highest BCUT2D eigenvalue weighted by atomic mass is 35.5. The molecule has 1 aliphatic rings. The van der Waals surface area contributed by atoms with Gasteiger partial charge in [-0.2, -0.15) is 0 Å². The first kappa shape index (κ1) is 22.8. The normalized spacial score (nSPS) is 15.4. The Morgan fingerprint density at radius 2 is 1.78 bits per heavy atom. The van der Waals surface area contributed by atoms with Crippen LogP contribution in [0.1, 0.15) is 44.7 Å². The van der Waals surface area contributed by atoms with Crippen LogP contribution in [-0.4, -0.2) is 29.7 Å². The average Bonchev–Trinajstić information content (AvgIpc) is 2.74. The van der Waals surface area contributed by atoms with E-state index in [1.807, 2.05) is 49.4 Å². The van der Waals surface area contributed by atoms with Gasteiger partial charge in [0.1, 0.15) is 0 Å². The second-order valence-electron chi connectivity index (χ2n) is 9.73. The number of aryl methyl sites for hydroxylation is 1. The summed E-state index contributed by atoms with van der Waals surface area (Å²) in [6.07, 6.45) is 1.97. The smallest absolute Gasteiger partial charge is 0.189 e. The minimum Gasteiger partial charge on any atom is -0.368 e. The predicted molar refractivity (Wildman–Crippen MR) is 133 cm³/mol. The fourth-order valence-corrected chi connectivity index (χ4v) is 4.59. The summed E-state index contributed by atoms with van der Waals surface area (Å²) in [6, 6.07) is 14.0. The van der Waals surface area contributed by atoms with E-state index in [-0.39, 0.29) is 11.4 Å². The first-order chi connectivity index (χ1) is 15.2. The fraction of sp³-hybridized carbons (Fsp3) is 0.423. The van der Waals surface area contributed by atoms with Gasteiger partial charge in [-0.15, -0.1) is 0 Å². The third-order valence-corrected chi connectivity index (χ3v) is 6.21. The van der Waals surface area contributed by atoms with Crippen LogP contribution in [-0.2, 0) is 6.54 Å². The molecule has 0 bridgehead atoms. The Morgan fingerprint density at radius 3 is 2.44 bits per heavy atom. The Kier molecular flexibility index (Phi) is 6.59. The Hall–Kier alpha value is -2.37. The average molecular weight is 455 g/mol. The minimum absolute atomic E-state index is 0.0807. The number of nitrogens with zero attached hydrogens (tertiary/aromatic N) is 2. The van der Waals surface area contributed by atoms with Crippen LogP contribution < -0.4 is 15.5 Å². The van der Waals surface area contributed by atoms with Gasteiger partial charge in [0, 0.05) is 41.6 Å². The van der Waals surface area contributed by atoms with Crippen molar-refractivity contribution < 1.29 is 4.39 Å². The molecule has 4 rings (SSSR count). The molecule has 4 nitrogen and oxygen atoms in total. The lowest BCUT2D eigenvalue weighted by molar-refractivity contribution is 0.316. The number of hydrogen-bond acceptors (Lipinski definition) is 4. The predicted octanol–water partition coefficient (Wildman–Crippen LogP) is 6.30. The number of rotatable bonds is 5. The maximum atomic E-state index is 15.9. The van der Waals surface area contributed by atoms with Crippen molar-refractivity contribution in [3.63, 3.8) is 0 Å². The maximum Gasteiger partial charge on any atom is 0.189 e. The number of pyridine rings is 1. The molecule has 0 radical (unpaired) electrons. The number of anilines is 2. The van der Waals surface area contributed by atoms with Gasteiger partial charge in [0.05, 0.1) is 11.2 Å². The summed E-state index contributed by atoms with van der Waals surface area (Å²) in [4.78, 5) is 6.86. The Labute approximate surface area is 195 Å². The maximum absolute atomic E-state index is 15.9. The van der Waals surface area contributed by atoms with Crippen molar-refractivity contribution >= 4 is 34.0 Å². The van der Waals surface area contributed by atoms with Gasteiger partial charge in [-0.3, -0.25) is 0 Å². The number of nitrogens with one attached hydrogen (secondary N) is 2. The molecule has 1 saturated heterocycles. The molecule has 0 saturated carbocycles. The van der Waals surface area contributed by atoms with Crippen molar-refractivity contribution in [3.05, 3.63) is 64.4 Å². The first-order valence-corrected chi connectivity index (χ1v) is 11.7. The molecular formula is C26H32ClFN4. The molecule has 170 valence electrons. The molecule has 0 atom stereocenters. The van der Waals surface area contributed by atoms with E-state index in [4.69, 9.17) is 11.6 Å². The lowest BCUT2D eigenvalue weighted by Crippen LogP contribution is -2.49. The third kappa shape index (κ3) is 5.16. The summed E-state index contributed by atoms with van der Waals surface area (Å²) < 4.78 is 15.9. The molecule has 1 fully saturated rings. The molecule has 2 aromatic carbocycles. The zero-order chi connectivity index (χ0) is 22.9. The van der Waals surface area contributed by atoms with Crippen molar-refractivity contribution in [1.82, 2.24) is 10.3 Å². The molecule has 1 aromatic heterocycles. The van der Waals surface area contributed by atoms with Gasteiger partial charge in [0.2, 0.25) is 0 Å². The zero-order valence-electron chi connectivity index (χ0n) is 19.3. The van der Waals surface area contributed by atoms with Crippen LogP contribution in [0.3, 0.4) is 0 Å². The highest BCUT2D eigenvalue weighted by molar-refractivity contribution is 6.30. The van der Waals surface area contributed by atoms with Crippen molar-refractivity contribution in [3.8, 4) is 0 Å². The zero-order valence-corrected chi connectivity index (χ0v) is 20.1. The van der Waals surface area contributed by atoms with Crippen molar-refractivity contribution in [2.75, 3.05) is 23.3 Å². The van der Waals surface area contributed by atoms with Gasteiger partial charge in [0.25, 0.3) is 0 Å². The van der Waals surface area contributed by atoms with Crippen LogP contribution in [0.5, 0.6) is 0 Å². The van der Waals surface area contributed by atoms with Crippen LogP contribution in [0.15, 0.2) is 42.5 Å². The number of fused-ring (bicyclic) bond motifs is 1. The van der Waals surface area contributed by atoms with Crippen LogP contribution in [0.4, 0.5) is 15.9 Å². The highest BCUT2D eigenvalue weighted by Gasteiger charge is 2.27. The summed E-state index contributed by atoms with van der Waals surface area (Å²) in [5.74, 6) is 0.0194. The first-order valence-electron chi connectivity index (χ1n) is 11.3. The van der Waals surface area contributed by atoms with E-state index >= 15 is 4.39 Å². The monoisotopic (exact) mass is 454 g/mol. The van der Waals surface area contributed by atoms with Gasteiger partial charge < -0.3 is 15.5 Å². The second kappa shape index (κ2) is 9.24. The summed E-state index contributed by atoms with van der Waals surface area (Å²) in [5.41, 5.74) is 3.65. The van der Waals surface area contributed by atoms with Crippen molar-refractivity contribution in [2.45, 2.75) is 58.7 Å². The molecule has 6 heteroatoms. The number of hydrogen-bond donors (Lipinski definition) is 2. The summed E-state index contributed by atoms with van der Waals surface area (Å²) in [7, 11) is 0. The number of benzene rings is 2.